The maximum Gasteiger partial charge on any atom is 0.123 e. The Morgan fingerprint density at radius 1 is 0.846 bits per heavy atom. The Morgan fingerprint density at radius 2 is 1.50 bits per heavy atom. The number of benzene rings is 3. The first-order valence-electron chi connectivity index (χ1n) is 8.25. The molecular formula is C21H15Cl2FN2. The van der Waals surface area contributed by atoms with Crippen LogP contribution < -0.4 is 5.01 Å². The minimum absolute atomic E-state index is 0.0800. The van der Waals surface area contributed by atoms with Gasteiger partial charge < -0.3 is 0 Å². The van der Waals surface area contributed by atoms with Gasteiger partial charge in [-0.25, -0.2) is 4.39 Å². The van der Waals surface area contributed by atoms with Crippen molar-refractivity contribution in [2.24, 2.45) is 5.10 Å². The summed E-state index contributed by atoms with van der Waals surface area (Å²) >= 11 is 12.9. The van der Waals surface area contributed by atoms with Crippen LogP contribution in [0.1, 0.15) is 23.6 Å². The standard InChI is InChI=1S/C21H15Cl2FN2/c22-17-6-2-1-5-16(17)21-13-19(14-9-11-15(24)12-10-14)25-26(21)20-8-4-3-7-18(20)23/h1-12,21H,13H2/t21-/m0/s1. The van der Waals surface area contributed by atoms with Crippen LogP contribution in [0.3, 0.4) is 0 Å². The lowest BCUT2D eigenvalue weighted by molar-refractivity contribution is 0.627. The van der Waals surface area contributed by atoms with Gasteiger partial charge in [-0.2, -0.15) is 5.10 Å². The number of halogens is 3. The molecule has 0 amide bonds. The molecule has 1 aliphatic heterocycles. The van der Waals surface area contributed by atoms with Gasteiger partial charge in [0.1, 0.15) is 5.82 Å². The predicted molar refractivity (Wildman–Crippen MR) is 106 cm³/mol. The number of hydrazone groups is 1. The van der Waals surface area contributed by atoms with Crippen LogP contribution in [0, 0.1) is 5.82 Å². The summed E-state index contributed by atoms with van der Waals surface area (Å²) in [5, 5.41) is 8.01. The second-order valence-electron chi connectivity index (χ2n) is 6.09. The summed E-state index contributed by atoms with van der Waals surface area (Å²) in [4.78, 5) is 0. The molecule has 0 radical (unpaired) electrons. The average molecular weight is 385 g/mol. The zero-order valence-corrected chi connectivity index (χ0v) is 15.3. The highest BCUT2D eigenvalue weighted by Gasteiger charge is 2.32. The summed E-state index contributed by atoms with van der Waals surface area (Å²) < 4.78 is 13.3. The van der Waals surface area contributed by atoms with Gasteiger partial charge in [-0.05, 0) is 41.5 Å². The van der Waals surface area contributed by atoms with E-state index in [0.717, 1.165) is 22.5 Å². The second-order valence-corrected chi connectivity index (χ2v) is 6.91. The summed E-state index contributed by atoms with van der Waals surface area (Å²) in [6, 6.07) is 21.6. The summed E-state index contributed by atoms with van der Waals surface area (Å²) in [6.07, 6.45) is 0.653. The molecule has 130 valence electrons. The van der Waals surface area contributed by atoms with Gasteiger partial charge in [-0.1, -0.05) is 65.7 Å². The number of para-hydroxylation sites is 1. The third-order valence-electron chi connectivity index (χ3n) is 4.45. The molecule has 1 heterocycles. The molecule has 0 bridgehead atoms. The van der Waals surface area contributed by atoms with Gasteiger partial charge in [0.2, 0.25) is 0 Å². The Bertz CT molecular complexity index is 970. The van der Waals surface area contributed by atoms with E-state index in [1.807, 2.05) is 53.5 Å². The fraction of sp³-hybridized carbons (Fsp3) is 0.0952. The van der Waals surface area contributed by atoms with E-state index in [4.69, 9.17) is 28.3 Å². The molecule has 1 aliphatic rings. The molecule has 0 N–H and O–H groups in total. The SMILES string of the molecule is Fc1ccc(C2=NN(c3ccccc3Cl)[C@H](c3ccccc3Cl)C2)cc1. The molecule has 3 aromatic carbocycles. The van der Waals surface area contributed by atoms with E-state index in [0.29, 0.717) is 16.5 Å². The fourth-order valence-electron chi connectivity index (χ4n) is 3.17. The minimum atomic E-state index is -0.266. The molecule has 3 aromatic rings. The Labute approximate surface area is 161 Å². The first-order valence-corrected chi connectivity index (χ1v) is 9.00. The molecule has 5 heteroatoms. The highest BCUT2D eigenvalue weighted by Crippen LogP contribution is 2.41. The summed E-state index contributed by atoms with van der Waals surface area (Å²) in [7, 11) is 0. The number of anilines is 1. The molecule has 0 aliphatic carbocycles. The third kappa shape index (κ3) is 3.20. The zero-order valence-electron chi connectivity index (χ0n) is 13.7. The smallest absolute Gasteiger partial charge is 0.123 e. The molecule has 0 aromatic heterocycles. The Hall–Kier alpha value is -2.36. The fourth-order valence-corrected chi connectivity index (χ4v) is 3.66. The van der Waals surface area contributed by atoms with Crippen LogP contribution in [0.2, 0.25) is 10.0 Å². The summed E-state index contributed by atoms with van der Waals surface area (Å²) in [5.41, 5.74) is 3.55. The average Bonchev–Trinajstić information content (AvgIpc) is 3.08. The topological polar surface area (TPSA) is 15.6 Å². The quantitative estimate of drug-likeness (QED) is 0.503. The van der Waals surface area contributed by atoms with Gasteiger partial charge in [-0.3, -0.25) is 5.01 Å². The molecule has 4 rings (SSSR count). The molecule has 1 atom stereocenters. The monoisotopic (exact) mass is 384 g/mol. The molecule has 26 heavy (non-hydrogen) atoms. The summed E-state index contributed by atoms with van der Waals surface area (Å²) in [6.45, 7) is 0. The maximum atomic E-state index is 13.3. The van der Waals surface area contributed by atoms with Gasteiger partial charge in [0.05, 0.1) is 22.5 Å². The maximum absolute atomic E-state index is 13.3. The largest absolute Gasteiger partial charge is 0.256 e. The lowest BCUT2D eigenvalue weighted by Crippen LogP contribution is -2.19. The highest BCUT2D eigenvalue weighted by molar-refractivity contribution is 6.33. The van der Waals surface area contributed by atoms with Crippen molar-refractivity contribution in [3.05, 3.63) is 99.8 Å². The zero-order chi connectivity index (χ0) is 18.1. The van der Waals surface area contributed by atoms with Gasteiger partial charge >= 0.3 is 0 Å². The van der Waals surface area contributed by atoms with Crippen molar-refractivity contribution in [3.8, 4) is 0 Å². The lowest BCUT2D eigenvalue weighted by atomic mass is 9.98. The van der Waals surface area contributed by atoms with E-state index in [1.54, 1.807) is 12.1 Å². The predicted octanol–water partition coefficient (Wildman–Crippen LogP) is 6.49. The van der Waals surface area contributed by atoms with E-state index >= 15 is 0 Å². The van der Waals surface area contributed by atoms with Crippen LogP contribution in [-0.4, -0.2) is 5.71 Å². The van der Waals surface area contributed by atoms with E-state index in [9.17, 15) is 4.39 Å². The van der Waals surface area contributed by atoms with E-state index < -0.39 is 0 Å². The lowest BCUT2D eigenvalue weighted by Gasteiger charge is -2.25. The van der Waals surface area contributed by atoms with Gasteiger partial charge in [0, 0.05) is 11.4 Å². The molecule has 0 unspecified atom stereocenters. The number of rotatable bonds is 3. The second kappa shape index (κ2) is 7.10. The van der Waals surface area contributed by atoms with Crippen molar-refractivity contribution in [1.82, 2.24) is 0 Å². The van der Waals surface area contributed by atoms with Crippen LogP contribution in [0.5, 0.6) is 0 Å². The van der Waals surface area contributed by atoms with E-state index in [1.165, 1.54) is 12.1 Å². The van der Waals surface area contributed by atoms with Crippen molar-refractivity contribution in [3.63, 3.8) is 0 Å². The minimum Gasteiger partial charge on any atom is -0.256 e. The van der Waals surface area contributed by atoms with Crippen molar-refractivity contribution in [1.29, 1.82) is 0 Å². The van der Waals surface area contributed by atoms with Gasteiger partial charge in [0.15, 0.2) is 0 Å². The van der Waals surface area contributed by atoms with Crippen molar-refractivity contribution >= 4 is 34.6 Å². The Morgan fingerprint density at radius 3 is 2.19 bits per heavy atom. The van der Waals surface area contributed by atoms with Crippen LogP contribution in [-0.2, 0) is 0 Å². The molecule has 0 saturated heterocycles. The molecule has 2 nitrogen and oxygen atoms in total. The van der Waals surface area contributed by atoms with Crippen molar-refractivity contribution in [2.45, 2.75) is 12.5 Å². The van der Waals surface area contributed by atoms with Gasteiger partial charge in [-0.15, -0.1) is 0 Å². The Balaban J connectivity index is 1.80. The number of hydrogen-bond donors (Lipinski definition) is 0. The van der Waals surface area contributed by atoms with Crippen LogP contribution in [0.15, 0.2) is 77.9 Å². The first-order chi connectivity index (χ1) is 12.6. The normalized spacial score (nSPS) is 16.7. The van der Waals surface area contributed by atoms with Crippen LogP contribution in [0.25, 0.3) is 0 Å². The molecule has 0 fully saturated rings. The molecular weight excluding hydrogens is 370 g/mol. The van der Waals surface area contributed by atoms with E-state index in [2.05, 4.69) is 0 Å². The van der Waals surface area contributed by atoms with Gasteiger partial charge in [0.25, 0.3) is 0 Å². The van der Waals surface area contributed by atoms with Crippen LogP contribution in [0.4, 0.5) is 10.1 Å². The van der Waals surface area contributed by atoms with Crippen molar-refractivity contribution < 1.29 is 4.39 Å². The van der Waals surface area contributed by atoms with Crippen molar-refractivity contribution in [2.75, 3.05) is 5.01 Å². The molecule has 0 saturated carbocycles. The summed E-state index contributed by atoms with van der Waals surface area (Å²) in [5.74, 6) is -0.266. The molecule has 0 spiro atoms. The van der Waals surface area contributed by atoms with E-state index in [-0.39, 0.29) is 11.9 Å². The highest BCUT2D eigenvalue weighted by atomic mass is 35.5. The number of nitrogens with zero attached hydrogens (tertiary/aromatic N) is 2. The number of hydrogen-bond acceptors (Lipinski definition) is 2. The first kappa shape index (κ1) is 17.1. The third-order valence-corrected chi connectivity index (χ3v) is 5.12. The Kier molecular flexibility index (Phi) is 4.66. The van der Waals surface area contributed by atoms with Crippen LogP contribution >= 0.6 is 23.2 Å².